The molecule has 2 aliphatic carbocycles. The minimum atomic E-state index is -3.50. The first kappa shape index (κ1) is 17.4. The van der Waals surface area contributed by atoms with Gasteiger partial charge in [0.2, 0.25) is 10.0 Å². The van der Waals surface area contributed by atoms with Gasteiger partial charge in [0.15, 0.2) is 11.6 Å². The van der Waals surface area contributed by atoms with Crippen LogP contribution >= 0.6 is 0 Å². The van der Waals surface area contributed by atoms with E-state index in [1.54, 1.807) is 18.2 Å². The molecule has 3 rings (SSSR count). The average Bonchev–Trinajstić information content (AvgIpc) is 3.42. The Balaban J connectivity index is 1.73. The van der Waals surface area contributed by atoms with Crippen LogP contribution < -0.4 is 9.46 Å². The molecule has 0 unspecified atom stereocenters. The molecule has 0 heterocycles. The molecule has 0 aromatic heterocycles. The molecule has 4 nitrogen and oxygen atoms in total. The monoisotopic (exact) mass is 353 g/mol. The summed E-state index contributed by atoms with van der Waals surface area (Å²) in [5, 5.41) is 1.23. The number of halogens is 1. The summed E-state index contributed by atoms with van der Waals surface area (Å²) in [6, 6.07) is 4.65. The van der Waals surface area contributed by atoms with Crippen molar-refractivity contribution in [2.75, 3.05) is 6.61 Å². The third-order valence-electron chi connectivity index (χ3n) is 4.47. The van der Waals surface area contributed by atoms with Gasteiger partial charge in [0.05, 0.1) is 12.1 Å². The van der Waals surface area contributed by atoms with Gasteiger partial charge in [0, 0.05) is 5.41 Å². The molecular weight excluding hydrogens is 329 g/mol. The zero-order chi connectivity index (χ0) is 17.2. The Labute approximate surface area is 143 Å². The van der Waals surface area contributed by atoms with E-state index in [0.29, 0.717) is 25.4 Å². The third kappa shape index (κ3) is 4.36. The Hall–Kier alpha value is -1.40. The summed E-state index contributed by atoms with van der Waals surface area (Å²) in [6.07, 6.45) is 6.97. The molecule has 0 saturated heterocycles. The highest BCUT2D eigenvalue weighted by Crippen LogP contribution is 2.47. The van der Waals surface area contributed by atoms with Gasteiger partial charge in [-0.2, -0.15) is 0 Å². The standard InChI is InChI=1S/C18H24FNO3S/c1-2-3-4-11-24(21,22)20-18(9-10-18)15-7-8-16(19)17(12-15)23-13-14-5-6-14/h4,7-8,11-12,14,20H,2-3,5-6,9-10,13H2,1H3/b11-4+. The zero-order valence-electron chi connectivity index (χ0n) is 13.9. The number of benzene rings is 1. The van der Waals surface area contributed by atoms with Crippen LogP contribution in [0.2, 0.25) is 0 Å². The average molecular weight is 353 g/mol. The first-order valence-electron chi connectivity index (χ1n) is 8.57. The van der Waals surface area contributed by atoms with E-state index in [4.69, 9.17) is 4.74 Å². The summed E-state index contributed by atoms with van der Waals surface area (Å²) in [5.41, 5.74) is 0.142. The fourth-order valence-corrected chi connectivity index (χ4v) is 3.97. The lowest BCUT2D eigenvalue weighted by Gasteiger charge is -2.18. The maximum atomic E-state index is 13.9. The lowest BCUT2D eigenvalue weighted by molar-refractivity contribution is 0.284. The Bertz CT molecular complexity index is 722. The molecule has 132 valence electrons. The minimum absolute atomic E-state index is 0.214. The van der Waals surface area contributed by atoms with Crippen molar-refractivity contribution in [3.05, 3.63) is 41.1 Å². The van der Waals surface area contributed by atoms with Gasteiger partial charge in [0.25, 0.3) is 0 Å². The largest absolute Gasteiger partial charge is 0.490 e. The van der Waals surface area contributed by atoms with Gasteiger partial charge in [-0.25, -0.2) is 17.5 Å². The van der Waals surface area contributed by atoms with Gasteiger partial charge >= 0.3 is 0 Å². The highest BCUT2D eigenvalue weighted by molar-refractivity contribution is 7.92. The quantitative estimate of drug-likeness (QED) is 0.734. The van der Waals surface area contributed by atoms with E-state index in [0.717, 1.165) is 31.2 Å². The molecule has 0 spiro atoms. The number of hydrogen-bond acceptors (Lipinski definition) is 3. The van der Waals surface area contributed by atoms with E-state index in [1.165, 1.54) is 11.5 Å². The third-order valence-corrected chi connectivity index (χ3v) is 5.70. The molecule has 0 bridgehead atoms. The van der Waals surface area contributed by atoms with Crippen LogP contribution in [-0.4, -0.2) is 15.0 Å². The summed E-state index contributed by atoms with van der Waals surface area (Å²) < 4.78 is 46.6. The van der Waals surface area contributed by atoms with Crippen LogP contribution in [0.4, 0.5) is 4.39 Å². The van der Waals surface area contributed by atoms with Gasteiger partial charge in [-0.05, 0) is 55.7 Å². The second-order valence-corrected chi connectivity index (χ2v) is 8.36. The second-order valence-electron chi connectivity index (χ2n) is 6.79. The number of unbranched alkanes of at least 4 members (excludes halogenated alkanes) is 1. The SMILES string of the molecule is CCC/C=C/S(=O)(=O)NC1(c2ccc(F)c(OCC3CC3)c2)CC1. The van der Waals surface area contributed by atoms with Crippen LogP contribution in [0.5, 0.6) is 5.75 Å². The normalized spacial score (nSPS) is 19.6. The fourth-order valence-electron chi connectivity index (χ4n) is 2.65. The van der Waals surface area contributed by atoms with Crippen molar-refractivity contribution in [2.24, 2.45) is 5.92 Å². The summed E-state index contributed by atoms with van der Waals surface area (Å²) in [7, 11) is -3.50. The molecule has 0 aliphatic heterocycles. The number of nitrogens with one attached hydrogen (secondary N) is 1. The second kappa shape index (κ2) is 6.84. The van der Waals surface area contributed by atoms with Gasteiger partial charge in [0.1, 0.15) is 0 Å². The lowest BCUT2D eigenvalue weighted by atomic mass is 10.1. The van der Waals surface area contributed by atoms with Crippen LogP contribution in [0.3, 0.4) is 0 Å². The van der Waals surface area contributed by atoms with E-state index in [9.17, 15) is 12.8 Å². The van der Waals surface area contributed by atoms with Gasteiger partial charge in [-0.3, -0.25) is 0 Å². The van der Waals surface area contributed by atoms with Crippen LogP contribution in [0.1, 0.15) is 51.0 Å². The summed E-state index contributed by atoms with van der Waals surface area (Å²) in [4.78, 5) is 0. The summed E-state index contributed by atoms with van der Waals surface area (Å²) >= 11 is 0. The highest BCUT2D eigenvalue weighted by atomic mass is 32.2. The van der Waals surface area contributed by atoms with E-state index < -0.39 is 21.4 Å². The maximum absolute atomic E-state index is 13.9. The molecule has 6 heteroatoms. The lowest BCUT2D eigenvalue weighted by Crippen LogP contribution is -2.33. The van der Waals surface area contributed by atoms with Gasteiger partial charge < -0.3 is 4.74 Å². The molecule has 1 aromatic carbocycles. The first-order chi connectivity index (χ1) is 11.4. The molecule has 2 saturated carbocycles. The molecule has 0 amide bonds. The topological polar surface area (TPSA) is 55.4 Å². The van der Waals surface area contributed by atoms with Crippen LogP contribution in [0.15, 0.2) is 29.7 Å². The zero-order valence-corrected chi connectivity index (χ0v) is 14.7. The van der Waals surface area contributed by atoms with Crippen molar-refractivity contribution in [3.63, 3.8) is 0 Å². The van der Waals surface area contributed by atoms with E-state index >= 15 is 0 Å². The van der Waals surface area contributed by atoms with Gasteiger partial charge in [-0.15, -0.1) is 0 Å². The van der Waals surface area contributed by atoms with Crippen LogP contribution in [-0.2, 0) is 15.6 Å². The van der Waals surface area contributed by atoms with Crippen LogP contribution in [0, 0.1) is 11.7 Å². The number of hydrogen-bond donors (Lipinski definition) is 1. The van der Waals surface area contributed by atoms with Crippen LogP contribution in [0.25, 0.3) is 0 Å². The number of allylic oxidation sites excluding steroid dienone is 1. The molecule has 24 heavy (non-hydrogen) atoms. The first-order valence-corrected chi connectivity index (χ1v) is 10.1. The molecule has 0 radical (unpaired) electrons. The van der Waals surface area contributed by atoms with Crippen molar-refractivity contribution >= 4 is 10.0 Å². The molecule has 1 N–H and O–H groups in total. The Morgan fingerprint density at radius 1 is 1.38 bits per heavy atom. The van der Waals surface area contributed by atoms with E-state index in [2.05, 4.69) is 4.72 Å². The van der Waals surface area contributed by atoms with E-state index in [-0.39, 0.29) is 5.75 Å². The van der Waals surface area contributed by atoms with Crippen molar-refractivity contribution in [1.29, 1.82) is 0 Å². The fraction of sp³-hybridized carbons (Fsp3) is 0.556. The molecule has 2 aliphatic rings. The number of sulfonamides is 1. The molecule has 0 atom stereocenters. The summed E-state index contributed by atoms with van der Waals surface area (Å²) in [5.74, 6) is 0.345. The smallest absolute Gasteiger partial charge is 0.234 e. The number of rotatable bonds is 9. The molecule has 2 fully saturated rings. The van der Waals surface area contributed by atoms with E-state index in [1.807, 2.05) is 6.92 Å². The van der Waals surface area contributed by atoms with Crippen molar-refractivity contribution < 1.29 is 17.5 Å². The minimum Gasteiger partial charge on any atom is -0.490 e. The Morgan fingerprint density at radius 3 is 2.75 bits per heavy atom. The predicted octanol–water partition coefficient (Wildman–Crippen LogP) is 3.84. The van der Waals surface area contributed by atoms with Crippen molar-refractivity contribution in [3.8, 4) is 5.75 Å². The Kier molecular flexibility index (Phi) is 4.97. The van der Waals surface area contributed by atoms with Gasteiger partial charge in [-0.1, -0.05) is 25.5 Å². The van der Waals surface area contributed by atoms with Crippen molar-refractivity contribution in [2.45, 2.75) is 51.0 Å². The number of ether oxygens (including phenoxy) is 1. The van der Waals surface area contributed by atoms with Crippen molar-refractivity contribution in [1.82, 2.24) is 4.72 Å². The predicted molar refractivity (Wildman–Crippen MR) is 91.6 cm³/mol. The highest BCUT2D eigenvalue weighted by Gasteiger charge is 2.47. The maximum Gasteiger partial charge on any atom is 0.234 e. The molecule has 1 aromatic rings. The Morgan fingerprint density at radius 2 is 2.12 bits per heavy atom. The summed E-state index contributed by atoms with van der Waals surface area (Å²) in [6.45, 7) is 2.52. The molecular formula is C18H24FNO3S.